The third-order valence-corrected chi connectivity index (χ3v) is 5.78. The van der Waals surface area contributed by atoms with Crippen LogP contribution in [0.5, 0.6) is 0 Å². The highest BCUT2D eigenvalue weighted by Crippen LogP contribution is 2.49. The Labute approximate surface area is 157 Å². The van der Waals surface area contributed by atoms with Gasteiger partial charge in [0.25, 0.3) is 0 Å². The first-order valence-electron chi connectivity index (χ1n) is 8.15. The van der Waals surface area contributed by atoms with Gasteiger partial charge in [0.15, 0.2) is 0 Å². The summed E-state index contributed by atoms with van der Waals surface area (Å²) in [4.78, 5) is 24.8. The fourth-order valence-corrected chi connectivity index (χ4v) is 4.57. The molecule has 2 aromatic carbocycles. The molecule has 136 valence electrons. The van der Waals surface area contributed by atoms with Gasteiger partial charge in [-0.3, -0.25) is 4.79 Å². The fourth-order valence-electron chi connectivity index (χ4n) is 3.32. The number of aromatic carboxylic acids is 1. The van der Waals surface area contributed by atoms with Crippen LogP contribution in [0.1, 0.15) is 32.5 Å². The van der Waals surface area contributed by atoms with Crippen LogP contribution in [0.25, 0.3) is 11.1 Å². The highest BCUT2D eigenvalue weighted by Gasteiger charge is 2.34. The number of hydrogen-bond acceptors (Lipinski definition) is 3. The molecule has 0 saturated carbocycles. The van der Waals surface area contributed by atoms with Crippen LogP contribution in [0.2, 0.25) is 0 Å². The lowest BCUT2D eigenvalue weighted by Gasteiger charge is -2.23. The second kappa shape index (κ2) is 6.59. The van der Waals surface area contributed by atoms with E-state index in [1.54, 1.807) is 18.2 Å². The number of fused-ring (bicyclic) bond motifs is 1. The molecule has 1 aliphatic heterocycles. The molecule has 4 nitrogen and oxygen atoms in total. The summed E-state index contributed by atoms with van der Waals surface area (Å²) in [5.74, 6) is -2.71. The van der Waals surface area contributed by atoms with E-state index in [1.807, 2.05) is 0 Å². The number of thiophene rings is 1. The number of rotatable bonds is 3. The number of hydrogen-bond donors (Lipinski definition) is 2. The molecular weight excluding hydrogens is 372 g/mol. The van der Waals surface area contributed by atoms with Gasteiger partial charge in [-0.15, -0.1) is 11.3 Å². The van der Waals surface area contributed by atoms with Crippen LogP contribution in [0.3, 0.4) is 0 Å². The zero-order valence-corrected chi connectivity index (χ0v) is 14.6. The van der Waals surface area contributed by atoms with Crippen LogP contribution in [0.15, 0.2) is 48.5 Å². The van der Waals surface area contributed by atoms with Gasteiger partial charge in [0, 0.05) is 22.8 Å². The van der Waals surface area contributed by atoms with Gasteiger partial charge in [-0.05, 0) is 35.4 Å². The molecule has 1 aromatic heterocycles. The number of carboxylic acids is 1. The minimum absolute atomic E-state index is 0.0277. The van der Waals surface area contributed by atoms with E-state index in [2.05, 4.69) is 5.32 Å². The number of amides is 1. The van der Waals surface area contributed by atoms with Crippen LogP contribution in [-0.4, -0.2) is 17.0 Å². The molecule has 0 bridgehead atoms. The Balaban J connectivity index is 1.94. The Bertz CT molecular complexity index is 1060. The summed E-state index contributed by atoms with van der Waals surface area (Å²) in [5.41, 5.74) is 1.78. The number of nitrogens with one attached hydrogen (secondary N) is 1. The fraction of sp³-hybridized carbons (Fsp3) is 0.100. The monoisotopic (exact) mass is 385 g/mol. The average molecular weight is 385 g/mol. The van der Waals surface area contributed by atoms with Crippen molar-refractivity contribution in [3.8, 4) is 11.1 Å². The van der Waals surface area contributed by atoms with E-state index in [1.165, 1.54) is 30.3 Å². The first kappa shape index (κ1) is 17.4. The maximum atomic E-state index is 13.7. The molecule has 0 spiro atoms. The van der Waals surface area contributed by atoms with Crippen molar-refractivity contribution in [2.24, 2.45) is 0 Å². The van der Waals surface area contributed by atoms with E-state index in [-0.39, 0.29) is 23.1 Å². The van der Waals surface area contributed by atoms with Gasteiger partial charge >= 0.3 is 5.97 Å². The maximum absolute atomic E-state index is 13.7. The normalized spacial score (nSPS) is 15.9. The molecule has 2 N–H and O–H groups in total. The number of carboxylic acid groups (broad SMARTS) is 1. The highest BCUT2D eigenvalue weighted by atomic mass is 32.1. The SMILES string of the molecule is O=C1CC(c2ccc(F)cc2)c2sc(C(=O)O)c(-c3cccc(F)c3)c2N1. The van der Waals surface area contributed by atoms with E-state index in [0.717, 1.165) is 16.9 Å². The minimum atomic E-state index is -1.15. The van der Waals surface area contributed by atoms with Crippen molar-refractivity contribution in [2.45, 2.75) is 12.3 Å². The van der Waals surface area contributed by atoms with Crippen LogP contribution in [0, 0.1) is 11.6 Å². The number of benzene rings is 2. The van der Waals surface area contributed by atoms with Gasteiger partial charge in [-0.25, -0.2) is 13.6 Å². The molecule has 1 amide bonds. The lowest BCUT2D eigenvalue weighted by atomic mass is 9.88. The minimum Gasteiger partial charge on any atom is -0.477 e. The molecule has 1 unspecified atom stereocenters. The summed E-state index contributed by atoms with van der Waals surface area (Å²) < 4.78 is 27.0. The predicted octanol–water partition coefficient (Wildman–Crippen LogP) is 4.87. The molecule has 1 atom stereocenters. The van der Waals surface area contributed by atoms with Gasteiger partial charge in [0.1, 0.15) is 16.5 Å². The topological polar surface area (TPSA) is 66.4 Å². The van der Waals surface area contributed by atoms with Crippen LogP contribution in [0.4, 0.5) is 14.5 Å². The van der Waals surface area contributed by atoms with E-state index < -0.39 is 17.6 Å². The third-order valence-electron chi connectivity index (χ3n) is 4.49. The molecule has 0 aliphatic carbocycles. The summed E-state index contributed by atoms with van der Waals surface area (Å²) in [5, 5.41) is 12.4. The molecule has 4 rings (SSSR count). The van der Waals surface area contributed by atoms with Crippen molar-refractivity contribution in [1.29, 1.82) is 0 Å². The van der Waals surface area contributed by atoms with Crippen molar-refractivity contribution in [3.05, 3.63) is 75.5 Å². The zero-order valence-electron chi connectivity index (χ0n) is 13.8. The van der Waals surface area contributed by atoms with E-state index in [4.69, 9.17) is 0 Å². The Morgan fingerprint density at radius 2 is 1.85 bits per heavy atom. The number of anilines is 1. The zero-order chi connectivity index (χ0) is 19.1. The average Bonchev–Trinajstić information content (AvgIpc) is 3.01. The van der Waals surface area contributed by atoms with Crippen molar-refractivity contribution in [2.75, 3.05) is 5.32 Å². The Morgan fingerprint density at radius 3 is 2.52 bits per heavy atom. The van der Waals surface area contributed by atoms with Crippen molar-refractivity contribution in [3.63, 3.8) is 0 Å². The molecule has 27 heavy (non-hydrogen) atoms. The summed E-state index contributed by atoms with van der Waals surface area (Å²) in [6.45, 7) is 0. The predicted molar refractivity (Wildman–Crippen MR) is 98.2 cm³/mol. The largest absolute Gasteiger partial charge is 0.477 e. The van der Waals surface area contributed by atoms with Gasteiger partial charge < -0.3 is 10.4 Å². The Morgan fingerprint density at radius 1 is 1.11 bits per heavy atom. The lowest BCUT2D eigenvalue weighted by molar-refractivity contribution is -0.116. The second-order valence-corrected chi connectivity index (χ2v) is 7.27. The molecule has 3 aromatic rings. The molecule has 2 heterocycles. The molecule has 7 heteroatoms. The van der Waals surface area contributed by atoms with E-state index in [9.17, 15) is 23.5 Å². The lowest BCUT2D eigenvalue weighted by Crippen LogP contribution is -2.22. The maximum Gasteiger partial charge on any atom is 0.346 e. The van der Waals surface area contributed by atoms with Gasteiger partial charge in [-0.1, -0.05) is 24.3 Å². The first-order valence-corrected chi connectivity index (χ1v) is 8.97. The number of halogens is 2. The molecule has 0 radical (unpaired) electrons. The molecule has 0 fully saturated rings. The molecule has 1 aliphatic rings. The standard InChI is InChI=1S/C20H13F2NO3S/c21-12-6-4-10(5-7-12)14-9-15(24)23-17-16(11-2-1-3-13(22)8-11)19(20(25)26)27-18(14)17/h1-8,14H,9H2,(H,23,24)(H,25,26). The van der Waals surface area contributed by atoms with Gasteiger partial charge in [-0.2, -0.15) is 0 Å². The molecular formula is C20H13F2NO3S. The van der Waals surface area contributed by atoms with Crippen LogP contribution in [-0.2, 0) is 4.79 Å². The first-order chi connectivity index (χ1) is 12.9. The van der Waals surface area contributed by atoms with Crippen molar-refractivity contribution in [1.82, 2.24) is 0 Å². The summed E-state index contributed by atoms with van der Waals surface area (Å²) in [6.07, 6.45) is 0.126. The number of carbonyl (C=O) groups is 2. The third kappa shape index (κ3) is 3.10. The Hall–Kier alpha value is -3.06. The highest BCUT2D eigenvalue weighted by molar-refractivity contribution is 7.15. The quantitative estimate of drug-likeness (QED) is 0.676. The number of carbonyl (C=O) groups excluding carboxylic acids is 1. The van der Waals surface area contributed by atoms with Gasteiger partial charge in [0.05, 0.1) is 5.69 Å². The summed E-state index contributed by atoms with van der Waals surface area (Å²) in [6, 6.07) is 11.4. The van der Waals surface area contributed by atoms with Gasteiger partial charge in [0.2, 0.25) is 5.91 Å². The summed E-state index contributed by atoms with van der Waals surface area (Å²) in [7, 11) is 0. The smallest absolute Gasteiger partial charge is 0.346 e. The van der Waals surface area contributed by atoms with Crippen LogP contribution < -0.4 is 5.32 Å². The van der Waals surface area contributed by atoms with Crippen molar-refractivity contribution >= 4 is 28.9 Å². The van der Waals surface area contributed by atoms with Crippen LogP contribution >= 0.6 is 11.3 Å². The summed E-state index contributed by atoms with van der Waals surface area (Å²) >= 11 is 1.05. The second-order valence-electron chi connectivity index (χ2n) is 6.22. The van der Waals surface area contributed by atoms with E-state index in [0.29, 0.717) is 21.7 Å². The van der Waals surface area contributed by atoms with Crippen molar-refractivity contribution < 1.29 is 23.5 Å². The molecule has 0 saturated heterocycles. The van der Waals surface area contributed by atoms with E-state index >= 15 is 0 Å². The Kier molecular flexibility index (Phi) is 4.24.